The average Bonchev–Trinajstić information content (AvgIpc) is 2.90. The number of nitrogens with zero attached hydrogens (tertiary/aromatic N) is 2. The molecule has 0 amide bonds. The van der Waals surface area contributed by atoms with Crippen molar-refractivity contribution >= 4 is 11.8 Å². The van der Waals surface area contributed by atoms with E-state index in [1.165, 1.54) is 4.90 Å². The van der Waals surface area contributed by atoms with Gasteiger partial charge in [-0.1, -0.05) is 19.1 Å². The van der Waals surface area contributed by atoms with Gasteiger partial charge in [-0.05, 0) is 30.4 Å². The minimum atomic E-state index is -0.727. The number of methoxy groups -OCH3 is 1. The normalized spacial score (nSPS) is 12.4. The Kier molecular flexibility index (Phi) is 5.09. The molecule has 5 heteroatoms. The fourth-order valence-corrected chi connectivity index (χ4v) is 2.55. The summed E-state index contributed by atoms with van der Waals surface area (Å²) in [6, 6.07) is 7.91. The van der Waals surface area contributed by atoms with Gasteiger partial charge in [-0.3, -0.25) is 4.68 Å². The largest absolute Gasteiger partial charge is 0.493 e. The van der Waals surface area contributed by atoms with Crippen molar-refractivity contribution < 1.29 is 9.84 Å². The van der Waals surface area contributed by atoms with Gasteiger partial charge in [0.2, 0.25) is 0 Å². The molecule has 0 saturated heterocycles. The molecule has 1 N–H and O–H groups in total. The summed E-state index contributed by atoms with van der Waals surface area (Å²) in [5.41, 5.74) is 1.56. The highest BCUT2D eigenvalue weighted by atomic mass is 32.2. The van der Waals surface area contributed by atoms with E-state index >= 15 is 0 Å². The van der Waals surface area contributed by atoms with Crippen molar-refractivity contribution in [2.75, 3.05) is 13.4 Å². The Morgan fingerprint density at radius 2 is 2.05 bits per heavy atom. The number of aliphatic hydroxyl groups excluding tert-OH is 1. The van der Waals surface area contributed by atoms with Crippen LogP contribution in [0.15, 0.2) is 35.4 Å². The number of aliphatic hydroxyl groups is 1. The third-order valence-electron chi connectivity index (χ3n) is 3.19. The van der Waals surface area contributed by atoms with E-state index in [9.17, 15) is 5.11 Å². The maximum absolute atomic E-state index is 10.6. The predicted octanol–water partition coefficient (Wildman–Crippen LogP) is 3.11. The van der Waals surface area contributed by atoms with Crippen LogP contribution in [0.3, 0.4) is 0 Å². The summed E-state index contributed by atoms with van der Waals surface area (Å²) in [5.74, 6) is 0.625. The monoisotopic (exact) mass is 292 g/mol. The Morgan fingerprint density at radius 1 is 1.35 bits per heavy atom. The van der Waals surface area contributed by atoms with Crippen molar-refractivity contribution in [2.45, 2.75) is 30.9 Å². The van der Waals surface area contributed by atoms with Crippen molar-refractivity contribution in [1.29, 1.82) is 0 Å². The lowest BCUT2D eigenvalue weighted by Crippen LogP contribution is -2.11. The molecule has 2 rings (SSSR count). The summed E-state index contributed by atoms with van der Waals surface area (Å²) in [6.45, 7) is 2.84. The summed E-state index contributed by atoms with van der Waals surface area (Å²) in [4.78, 5) is 1.18. The highest BCUT2D eigenvalue weighted by Crippen LogP contribution is 2.30. The van der Waals surface area contributed by atoms with Gasteiger partial charge >= 0.3 is 0 Å². The third-order valence-corrected chi connectivity index (χ3v) is 3.93. The first kappa shape index (κ1) is 14.9. The molecule has 0 radical (unpaired) electrons. The Labute approximate surface area is 123 Å². The SMILES string of the molecule is CCCn1ncc(OC)c1C(O)c1ccc(SC)cc1. The minimum absolute atomic E-state index is 0.625. The molecule has 1 heterocycles. The number of thioether (sulfide) groups is 1. The van der Waals surface area contributed by atoms with Gasteiger partial charge < -0.3 is 9.84 Å². The third kappa shape index (κ3) is 2.99. The minimum Gasteiger partial charge on any atom is -0.493 e. The zero-order valence-corrected chi connectivity index (χ0v) is 12.9. The van der Waals surface area contributed by atoms with Gasteiger partial charge in [0.1, 0.15) is 11.8 Å². The van der Waals surface area contributed by atoms with Crippen LogP contribution < -0.4 is 4.74 Å². The molecule has 1 unspecified atom stereocenters. The topological polar surface area (TPSA) is 47.3 Å². The van der Waals surface area contributed by atoms with Gasteiger partial charge in [0.05, 0.1) is 13.3 Å². The van der Waals surface area contributed by atoms with Crippen molar-refractivity contribution in [1.82, 2.24) is 9.78 Å². The molecule has 20 heavy (non-hydrogen) atoms. The number of aromatic nitrogens is 2. The van der Waals surface area contributed by atoms with E-state index < -0.39 is 6.10 Å². The van der Waals surface area contributed by atoms with Crippen molar-refractivity contribution in [3.8, 4) is 5.75 Å². The molecule has 2 aromatic rings. The average molecular weight is 292 g/mol. The van der Waals surface area contributed by atoms with E-state index in [1.807, 2.05) is 35.2 Å². The van der Waals surface area contributed by atoms with Gasteiger partial charge in [0, 0.05) is 11.4 Å². The second-order valence-corrected chi connectivity index (χ2v) is 5.38. The first-order valence-electron chi connectivity index (χ1n) is 6.63. The number of benzene rings is 1. The Hall–Kier alpha value is -1.46. The van der Waals surface area contributed by atoms with Crippen LogP contribution in [-0.2, 0) is 6.54 Å². The van der Waals surface area contributed by atoms with E-state index in [4.69, 9.17) is 4.74 Å². The second-order valence-electron chi connectivity index (χ2n) is 4.50. The summed E-state index contributed by atoms with van der Waals surface area (Å²) < 4.78 is 7.12. The molecule has 1 aromatic heterocycles. The highest BCUT2D eigenvalue weighted by molar-refractivity contribution is 7.98. The zero-order valence-electron chi connectivity index (χ0n) is 12.0. The molecule has 1 atom stereocenters. The molecule has 0 spiro atoms. The fraction of sp³-hybridized carbons (Fsp3) is 0.400. The van der Waals surface area contributed by atoms with E-state index in [0.717, 1.165) is 18.5 Å². The standard InChI is InChI=1S/C15H20N2O2S/c1-4-9-17-14(13(19-2)10-16-17)15(18)11-5-7-12(20-3)8-6-11/h5-8,10,15,18H,4,9H2,1-3H3. The number of hydrogen-bond donors (Lipinski definition) is 1. The van der Waals surface area contributed by atoms with Crippen LogP contribution in [0.1, 0.15) is 30.7 Å². The Bertz CT molecular complexity index is 552. The van der Waals surface area contributed by atoms with Crippen LogP contribution in [0.25, 0.3) is 0 Å². The van der Waals surface area contributed by atoms with Crippen LogP contribution in [0.2, 0.25) is 0 Å². The number of rotatable bonds is 6. The molecule has 0 bridgehead atoms. The summed E-state index contributed by atoms with van der Waals surface area (Å²) in [5, 5.41) is 14.9. The highest BCUT2D eigenvalue weighted by Gasteiger charge is 2.21. The fourth-order valence-electron chi connectivity index (χ4n) is 2.14. The molecule has 0 aliphatic heterocycles. The molecular formula is C15H20N2O2S. The number of ether oxygens (including phenoxy) is 1. The molecule has 0 aliphatic carbocycles. The molecule has 4 nitrogen and oxygen atoms in total. The molecule has 0 saturated carbocycles. The first-order chi connectivity index (χ1) is 9.71. The molecule has 0 aliphatic rings. The van der Waals surface area contributed by atoms with Gasteiger partial charge in [-0.25, -0.2) is 0 Å². The van der Waals surface area contributed by atoms with Crippen LogP contribution in [-0.4, -0.2) is 28.3 Å². The Morgan fingerprint density at radius 3 is 2.60 bits per heavy atom. The van der Waals surface area contributed by atoms with Crippen molar-refractivity contribution in [3.63, 3.8) is 0 Å². The quantitative estimate of drug-likeness (QED) is 0.831. The van der Waals surface area contributed by atoms with Crippen LogP contribution >= 0.6 is 11.8 Å². The van der Waals surface area contributed by atoms with Gasteiger partial charge in [-0.15, -0.1) is 11.8 Å². The van der Waals surface area contributed by atoms with Crippen molar-refractivity contribution in [2.24, 2.45) is 0 Å². The maximum Gasteiger partial charge on any atom is 0.163 e. The smallest absolute Gasteiger partial charge is 0.163 e. The lowest BCUT2D eigenvalue weighted by molar-refractivity contribution is 0.202. The van der Waals surface area contributed by atoms with Crippen LogP contribution in [0, 0.1) is 0 Å². The Balaban J connectivity index is 2.35. The van der Waals surface area contributed by atoms with Crippen molar-refractivity contribution in [3.05, 3.63) is 41.7 Å². The van der Waals surface area contributed by atoms with Gasteiger partial charge in [0.15, 0.2) is 5.75 Å². The molecule has 108 valence electrons. The zero-order chi connectivity index (χ0) is 14.5. The van der Waals surface area contributed by atoms with E-state index in [2.05, 4.69) is 12.0 Å². The predicted molar refractivity (Wildman–Crippen MR) is 81.4 cm³/mol. The molecular weight excluding hydrogens is 272 g/mol. The number of hydrogen-bond acceptors (Lipinski definition) is 4. The first-order valence-corrected chi connectivity index (χ1v) is 7.85. The molecule has 0 fully saturated rings. The van der Waals surface area contributed by atoms with Gasteiger partial charge in [-0.2, -0.15) is 5.10 Å². The van der Waals surface area contributed by atoms with E-state index in [-0.39, 0.29) is 0 Å². The second kappa shape index (κ2) is 6.81. The summed E-state index contributed by atoms with van der Waals surface area (Å²) in [7, 11) is 1.60. The van der Waals surface area contributed by atoms with E-state index in [1.54, 1.807) is 25.1 Å². The summed E-state index contributed by atoms with van der Waals surface area (Å²) >= 11 is 1.68. The number of aryl methyl sites for hydroxylation is 1. The van der Waals surface area contributed by atoms with Crippen LogP contribution in [0.4, 0.5) is 0 Å². The lowest BCUT2D eigenvalue weighted by atomic mass is 10.1. The summed E-state index contributed by atoms with van der Waals surface area (Å²) in [6.07, 6.45) is 3.92. The lowest BCUT2D eigenvalue weighted by Gasteiger charge is -2.15. The molecule has 1 aromatic carbocycles. The van der Waals surface area contributed by atoms with E-state index in [0.29, 0.717) is 11.4 Å². The maximum atomic E-state index is 10.6. The van der Waals surface area contributed by atoms with Gasteiger partial charge in [0.25, 0.3) is 0 Å². The van der Waals surface area contributed by atoms with Crippen LogP contribution in [0.5, 0.6) is 5.75 Å².